The van der Waals surface area contributed by atoms with E-state index in [2.05, 4.69) is 57.7 Å². The fourth-order valence-corrected chi connectivity index (χ4v) is 3.64. The highest BCUT2D eigenvalue weighted by molar-refractivity contribution is 6.30. The SMILES string of the molecule is Cc1cc(N2CCCc3ccccc32)nc(NCCc2ccc(Cl)cc2)n1. The Bertz CT molecular complexity index is 924. The highest BCUT2D eigenvalue weighted by atomic mass is 35.5. The summed E-state index contributed by atoms with van der Waals surface area (Å²) in [7, 11) is 0. The Labute approximate surface area is 165 Å². The van der Waals surface area contributed by atoms with E-state index in [4.69, 9.17) is 16.6 Å². The van der Waals surface area contributed by atoms with E-state index in [1.165, 1.54) is 16.8 Å². The fraction of sp³-hybridized carbons (Fsp3) is 0.273. The first-order chi connectivity index (χ1) is 13.2. The topological polar surface area (TPSA) is 41.1 Å². The minimum absolute atomic E-state index is 0.682. The van der Waals surface area contributed by atoms with Gasteiger partial charge in [0.05, 0.1) is 0 Å². The first kappa shape index (κ1) is 17.8. The molecule has 4 nitrogen and oxygen atoms in total. The summed E-state index contributed by atoms with van der Waals surface area (Å²) in [5.41, 5.74) is 4.85. The molecule has 0 bridgehead atoms. The summed E-state index contributed by atoms with van der Waals surface area (Å²) in [5, 5.41) is 4.13. The van der Waals surface area contributed by atoms with Crippen molar-refractivity contribution < 1.29 is 0 Å². The number of hydrogen-bond donors (Lipinski definition) is 1. The van der Waals surface area contributed by atoms with Crippen LogP contribution in [-0.4, -0.2) is 23.1 Å². The predicted molar refractivity (Wildman–Crippen MR) is 112 cm³/mol. The number of hydrogen-bond acceptors (Lipinski definition) is 4. The minimum Gasteiger partial charge on any atom is -0.354 e. The van der Waals surface area contributed by atoms with Crippen LogP contribution in [0.2, 0.25) is 5.02 Å². The summed E-state index contributed by atoms with van der Waals surface area (Å²) in [6.45, 7) is 3.78. The van der Waals surface area contributed by atoms with Crippen molar-refractivity contribution in [2.45, 2.75) is 26.2 Å². The van der Waals surface area contributed by atoms with Crippen molar-refractivity contribution in [3.8, 4) is 0 Å². The molecule has 0 atom stereocenters. The molecule has 0 aliphatic carbocycles. The maximum atomic E-state index is 5.95. The lowest BCUT2D eigenvalue weighted by Gasteiger charge is -2.30. The second kappa shape index (κ2) is 7.97. The molecule has 0 amide bonds. The summed E-state index contributed by atoms with van der Waals surface area (Å²) in [6, 6.07) is 18.6. The standard InChI is InChI=1S/C22H23ClN4/c1-16-15-21(27-14-4-6-18-5-2-3-7-20(18)27)26-22(25-16)24-13-12-17-8-10-19(23)11-9-17/h2-3,5,7-11,15H,4,6,12-14H2,1H3,(H,24,25,26). The smallest absolute Gasteiger partial charge is 0.224 e. The van der Waals surface area contributed by atoms with Crippen LogP contribution in [0.1, 0.15) is 23.2 Å². The third kappa shape index (κ3) is 4.22. The Morgan fingerprint density at radius 1 is 1.07 bits per heavy atom. The van der Waals surface area contributed by atoms with Gasteiger partial charge in [0.15, 0.2) is 0 Å². The van der Waals surface area contributed by atoms with Crippen LogP contribution in [0.15, 0.2) is 54.6 Å². The Kier molecular flexibility index (Phi) is 5.26. The Morgan fingerprint density at radius 2 is 1.89 bits per heavy atom. The number of aryl methyl sites for hydroxylation is 2. The van der Waals surface area contributed by atoms with Gasteiger partial charge in [0.2, 0.25) is 5.95 Å². The molecule has 4 rings (SSSR count). The van der Waals surface area contributed by atoms with Crippen LogP contribution in [0.5, 0.6) is 0 Å². The molecular formula is C22H23ClN4. The van der Waals surface area contributed by atoms with E-state index in [1.807, 2.05) is 19.1 Å². The number of nitrogens with zero attached hydrogens (tertiary/aromatic N) is 3. The van der Waals surface area contributed by atoms with Gasteiger partial charge < -0.3 is 10.2 Å². The van der Waals surface area contributed by atoms with Gasteiger partial charge in [0.25, 0.3) is 0 Å². The van der Waals surface area contributed by atoms with Gasteiger partial charge in [0, 0.05) is 35.6 Å². The molecule has 1 aliphatic rings. The maximum absolute atomic E-state index is 5.95. The lowest BCUT2D eigenvalue weighted by Crippen LogP contribution is -2.26. The van der Waals surface area contributed by atoms with E-state index in [0.29, 0.717) is 5.95 Å². The fourth-order valence-electron chi connectivity index (χ4n) is 3.51. The number of rotatable bonds is 5. The average molecular weight is 379 g/mol. The summed E-state index contributed by atoms with van der Waals surface area (Å²) in [5.74, 6) is 1.64. The zero-order valence-electron chi connectivity index (χ0n) is 15.5. The first-order valence-electron chi connectivity index (χ1n) is 9.38. The van der Waals surface area contributed by atoms with Crippen LogP contribution >= 0.6 is 11.6 Å². The maximum Gasteiger partial charge on any atom is 0.224 e. The molecule has 27 heavy (non-hydrogen) atoms. The second-order valence-corrected chi connectivity index (χ2v) is 7.31. The van der Waals surface area contributed by atoms with E-state index in [0.717, 1.165) is 48.9 Å². The predicted octanol–water partition coefficient (Wildman–Crippen LogP) is 5.18. The van der Waals surface area contributed by atoms with Gasteiger partial charge in [-0.2, -0.15) is 4.98 Å². The second-order valence-electron chi connectivity index (χ2n) is 6.88. The van der Waals surface area contributed by atoms with Crippen molar-refractivity contribution in [3.63, 3.8) is 0 Å². The zero-order valence-corrected chi connectivity index (χ0v) is 16.2. The van der Waals surface area contributed by atoms with Gasteiger partial charge in [-0.3, -0.25) is 0 Å². The highest BCUT2D eigenvalue weighted by Gasteiger charge is 2.19. The number of halogens is 1. The van der Waals surface area contributed by atoms with Gasteiger partial charge in [-0.1, -0.05) is 41.9 Å². The molecule has 0 saturated carbocycles. The van der Waals surface area contributed by atoms with Crippen LogP contribution < -0.4 is 10.2 Å². The van der Waals surface area contributed by atoms with Crippen molar-refractivity contribution in [1.82, 2.24) is 9.97 Å². The molecular weight excluding hydrogens is 356 g/mol. The van der Waals surface area contributed by atoms with Gasteiger partial charge in [-0.25, -0.2) is 4.98 Å². The van der Waals surface area contributed by atoms with Gasteiger partial charge >= 0.3 is 0 Å². The van der Waals surface area contributed by atoms with Crippen molar-refractivity contribution in [2.75, 3.05) is 23.3 Å². The highest BCUT2D eigenvalue weighted by Crippen LogP contribution is 2.32. The third-order valence-electron chi connectivity index (χ3n) is 4.84. The molecule has 0 spiro atoms. The van der Waals surface area contributed by atoms with Gasteiger partial charge in [0.1, 0.15) is 5.82 Å². The van der Waals surface area contributed by atoms with E-state index >= 15 is 0 Å². The zero-order chi connectivity index (χ0) is 18.6. The Balaban J connectivity index is 1.49. The van der Waals surface area contributed by atoms with Gasteiger partial charge in [-0.15, -0.1) is 0 Å². The molecule has 0 fully saturated rings. The van der Waals surface area contributed by atoms with Crippen LogP contribution in [0, 0.1) is 6.92 Å². The molecule has 1 aliphatic heterocycles. The Morgan fingerprint density at radius 3 is 2.74 bits per heavy atom. The molecule has 0 saturated heterocycles. The van der Waals surface area contributed by atoms with Gasteiger partial charge in [-0.05, 0) is 55.5 Å². The molecule has 138 valence electrons. The number of anilines is 3. The molecule has 0 radical (unpaired) electrons. The van der Waals surface area contributed by atoms with E-state index in [1.54, 1.807) is 0 Å². The lowest BCUT2D eigenvalue weighted by atomic mass is 10.0. The van der Waals surface area contributed by atoms with Crippen LogP contribution in [0.25, 0.3) is 0 Å². The van der Waals surface area contributed by atoms with E-state index in [-0.39, 0.29) is 0 Å². The lowest BCUT2D eigenvalue weighted by molar-refractivity contribution is 0.758. The number of para-hydroxylation sites is 1. The van der Waals surface area contributed by atoms with Crippen molar-refractivity contribution in [1.29, 1.82) is 0 Å². The van der Waals surface area contributed by atoms with Crippen molar-refractivity contribution in [3.05, 3.63) is 76.4 Å². The summed E-state index contributed by atoms with van der Waals surface area (Å²) >= 11 is 5.95. The quantitative estimate of drug-likeness (QED) is 0.664. The van der Waals surface area contributed by atoms with Crippen LogP contribution in [-0.2, 0) is 12.8 Å². The summed E-state index contributed by atoms with van der Waals surface area (Å²) < 4.78 is 0. The monoisotopic (exact) mass is 378 g/mol. The average Bonchev–Trinajstić information content (AvgIpc) is 2.69. The molecule has 2 aromatic carbocycles. The summed E-state index contributed by atoms with van der Waals surface area (Å²) in [4.78, 5) is 11.6. The minimum atomic E-state index is 0.682. The Hall–Kier alpha value is -2.59. The third-order valence-corrected chi connectivity index (χ3v) is 5.09. The van der Waals surface area contributed by atoms with Crippen molar-refractivity contribution >= 4 is 29.1 Å². The largest absolute Gasteiger partial charge is 0.354 e. The normalized spacial score (nSPS) is 13.3. The first-order valence-corrected chi connectivity index (χ1v) is 9.76. The number of fused-ring (bicyclic) bond motifs is 1. The molecule has 3 aromatic rings. The molecule has 0 unspecified atom stereocenters. The van der Waals surface area contributed by atoms with E-state index in [9.17, 15) is 0 Å². The van der Waals surface area contributed by atoms with Crippen LogP contribution in [0.3, 0.4) is 0 Å². The van der Waals surface area contributed by atoms with E-state index < -0.39 is 0 Å². The van der Waals surface area contributed by atoms with Crippen molar-refractivity contribution in [2.24, 2.45) is 0 Å². The molecule has 1 N–H and O–H groups in total. The molecule has 5 heteroatoms. The number of nitrogens with one attached hydrogen (secondary N) is 1. The number of benzene rings is 2. The number of aromatic nitrogens is 2. The van der Waals surface area contributed by atoms with Crippen LogP contribution in [0.4, 0.5) is 17.5 Å². The molecule has 2 heterocycles. The molecule has 1 aromatic heterocycles. The summed E-state index contributed by atoms with van der Waals surface area (Å²) in [6.07, 6.45) is 3.17.